The minimum Gasteiger partial charge on any atom is -0.484 e. The van der Waals surface area contributed by atoms with Crippen LogP contribution in [0, 0.1) is 0 Å². The third-order valence-corrected chi connectivity index (χ3v) is 1.22. The highest BCUT2D eigenvalue weighted by molar-refractivity contribution is 7.80. The largest absolute Gasteiger partial charge is 0.484 e. The Hall–Kier alpha value is -0.190. The Morgan fingerprint density at radius 3 is 2.67 bits per heavy atom. The third kappa shape index (κ3) is 4.32. The molecule has 0 saturated heterocycles. The molecule has 0 aromatic heterocycles. The molecule has 0 unspecified atom stereocenters. The van der Waals surface area contributed by atoms with E-state index < -0.39 is 0 Å². The zero-order valence-corrected chi connectivity index (χ0v) is 6.28. The summed E-state index contributed by atoms with van der Waals surface area (Å²) in [5, 5.41) is 0.431. The first-order valence-electron chi connectivity index (χ1n) is 2.80. The molecule has 0 spiro atoms. The average Bonchev–Trinajstić information content (AvgIpc) is 1.82. The maximum atomic E-state index is 5.37. The van der Waals surface area contributed by atoms with E-state index in [1.807, 2.05) is 0 Å². The van der Waals surface area contributed by atoms with Crippen LogP contribution in [0.3, 0.4) is 0 Å². The quantitative estimate of drug-likeness (QED) is 0.536. The molecule has 0 amide bonds. The van der Waals surface area contributed by atoms with Crippen LogP contribution in [-0.4, -0.2) is 24.2 Å². The van der Waals surface area contributed by atoms with E-state index in [4.69, 9.17) is 28.4 Å². The van der Waals surface area contributed by atoms with Gasteiger partial charge in [-0.05, 0) is 19.1 Å². The summed E-state index contributed by atoms with van der Waals surface area (Å²) in [6.07, 6.45) is 0. The Balaban J connectivity index is 3.28. The summed E-state index contributed by atoms with van der Waals surface area (Å²) in [6, 6.07) is -0.174. The molecule has 1 atom stereocenters. The lowest BCUT2D eigenvalue weighted by Crippen LogP contribution is -2.28. The molecule has 0 bridgehead atoms. The molecule has 54 valence electrons. The van der Waals surface area contributed by atoms with Gasteiger partial charge in [0.25, 0.3) is 0 Å². The topological polar surface area (TPSA) is 61.3 Å². The van der Waals surface area contributed by atoms with Gasteiger partial charge in [-0.3, -0.25) is 0 Å². The first kappa shape index (κ1) is 8.81. The van der Waals surface area contributed by atoms with Gasteiger partial charge < -0.3 is 16.2 Å². The Kier molecular flexibility index (Phi) is 4.57. The van der Waals surface area contributed by atoms with Crippen molar-refractivity contribution in [1.82, 2.24) is 0 Å². The molecule has 0 aromatic carbocycles. The highest BCUT2D eigenvalue weighted by Crippen LogP contribution is 1.85. The van der Waals surface area contributed by atoms with E-state index in [1.165, 1.54) is 0 Å². The Labute approximate surface area is 60.4 Å². The first-order chi connectivity index (χ1) is 4.18. The Bertz CT molecular complexity index is 95.0. The number of hydrogen-bond donors (Lipinski definition) is 2. The highest BCUT2D eigenvalue weighted by atomic mass is 32.1. The van der Waals surface area contributed by atoms with Crippen molar-refractivity contribution in [3.05, 3.63) is 0 Å². The van der Waals surface area contributed by atoms with Crippen LogP contribution in [0.25, 0.3) is 0 Å². The van der Waals surface area contributed by atoms with Crippen LogP contribution in [0.5, 0.6) is 0 Å². The molecule has 3 nitrogen and oxygen atoms in total. The van der Waals surface area contributed by atoms with Gasteiger partial charge in [-0.25, -0.2) is 0 Å². The van der Waals surface area contributed by atoms with Gasteiger partial charge in [-0.2, -0.15) is 0 Å². The molecule has 9 heavy (non-hydrogen) atoms. The zero-order chi connectivity index (χ0) is 7.28. The molecule has 0 aromatic rings. The molecule has 4 heteroatoms. The van der Waals surface area contributed by atoms with E-state index in [2.05, 4.69) is 0 Å². The van der Waals surface area contributed by atoms with Crippen molar-refractivity contribution in [2.75, 3.05) is 13.2 Å². The van der Waals surface area contributed by atoms with Gasteiger partial charge in [0.2, 0.25) is 0 Å². The van der Waals surface area contributed by atoms with Crippen LogP contribution in [0.1, 0.15) is 6.92 Å². The van der Waals surface area contributed by atoms with Crippen LogP contribution in [0.4, 0.5) is 0 Å². The normalized spacial score (nSPS) is 12.8. The van der Waals surface area contributed by atoms with Crippen LogP contribution < -0.4 is 11.5 Å². The van der Waals surface area contributed by atoms with Crippen molar-refractivity contribution in [2.45, 2.75) is 13.0 Å². The fourth-order valence-corrected chi connectivity index (χ4v) is 0.374. The SMILES string of the molecule is C[C@H](N)C(=S)OCCN. The maximum Gasteiger partial charge on any atom is 0.176 e. The van der Waals surface area contributed by atoms with Gasteiger partial charge >= 0.3 is 0 Å². The second-order valence-electron chi connectivity index (χ2n) is 1.74. The lowest BCUT2D eigenvalue weighted by atomic mass is 10.4. The fraction of sp³-hybridized carbons (Fsp3) is 0.800. The van der Waals surface area contributed by atoms with Crippen LogP contribution in [0.15, 0.2) is 0 Å². The van der Waals surface area contributed by atoms with Gasteiger partial charge in [-0.1, -0.05) is 0 Å². The fourth-order valence-electron chi connectivity index (χ4n) is 0.291. The minimum atomic E-state index is -0.174. The van der Waals surface area contributed by atoms with Crippen LogP contribution in [-0.2, 0) is 4.74 Å². The van der Waals surface area contributed by atoms with Gasteiger partial charge in [-0.15, -0.1) is 0 Å². The van der Waals surface area contributed by atoms with E-state index in [0.29, 0.717) is 18.2 Å². The number of ether oxygens (including phenoxy) is 1. The van der Waals surface area contributed by atoms with Gasteiger partial charge in [0.1, 0.15) is 6.61 Å². The molecular weight excluding hydrogens is 136 g/mol. The number of rotatable bonds is 3. The van der Waals surface area contributed by atoms with Crippen molar-refractivity contribution in [3.8, 4) is 0 Å². The monoisotopic (exact) mass is 148 g/mol. The Morgan fingerprint density at radius 2 is 2.33 bits per heavy atom. The van der Waals surface area contributed by atoms with E-state index in [9.17, 15) is 0 Å². The predicted octanol–water partition coefficient (Wildman–Crippen LogP) is -0.364. The molecule has 0 saturated carbocycles. The lowest BCUT2D eigenvalue weighted by Gasteiger charge is -2.07. The van der Waals surface area contributed by atoms with Gasteiger partial charge in [0.05, 0.1) is 6.04 Å². The molecule has 0 rings (SSSR count). The number of nitrogens with two attached hydrogens (primary N) is 2. The van der Waals surface area contributed by atoms with Gasteiger partial charge in [0.15, 0.2) is 5.05 Å². The second kappa shape index (κ2) is 4.67. The van der Waals surface area contributed by atoms with Crippen molar-refractivity contribution >= 4 is 17.3 Å². The summed E-state index contributed by atoms with van der Waals surface area (Å²) in [7, 11) is 0. The Morgan fingerprint density at radius 1 is 1.78 bits per heavy atom. The summed E-state index contributed by atoms with van der Waals surface area (Å²) >= 11 is 4.74. The van der Waals surface area contributed by atoms with Crippen molar-refractivity contribution in [2.24, 2.45) is 11.5 Å². The molecule has 0 aliphatic heterocycles. The number of hydrogen-bond acceptors (Lipinski definition) is 4. The summed E-state index contributed by atoms with van der Waals surface area (Å²) < 4.78 is 4.93. The van der Waals surface area contributed by atoms with Crippen molar-refractivity contribution < 1.29 is 4.74 Å². The smallest absolute Gasteiger partial charge is 0.176 e. The predicted molar refractivity (Wildman–Crippen MR) is 41.3 cm³/mol. The standard InChI is InChI=1S/C5H12N2OS/c1-4(7)5(9)8-3-2-6/h4H,2-3,6-7H2,1H3/t4-/m0/s1. The van der Waals surface area contributed by atoms with Crippen LogP contribution in [0.2, 0.25) is 0 Å². The molecule has 0 heterocycles. The van der Waals surface area contributed by atoms with E-state index >= 15 is 0 Å². The average molecular weight is 148 g/mol. The van der Waals surface area contributed by atoms with Crippen molar-refractivity contribution in [3.63, 3.8) is 0 Å². The summed E-state index contributed by atoms with van der Waals surface area (Å²) in [4.78, 5) is 0. The number of thiocarbonyl (C=S) groups is 1. The van der Waals surface area contributed by atoms with Crippen LogP contribution >= 0.6 is 12.2 Å². The molecule has 0 aliphatic carbocycles. The summed E-state index contributed by atoms with van der Waals surface area (Å²) in [5.41, 5.74) is 10.5. The van der Waals surface area contributed by atoms with Gasteiger partial charge in [0, 0.05) is 6.54 Å². The molecule has 4 N–H and O–H groups in total. The van der Waals surface area contributed by atoms with Crippen molar-refractivity contribution in [1.29, 1.82) is 0 Å². The maximum absolute atomic E-state index is 5.37. The van der Waals surface area contributed by atoms with E-state index in [0.717, 1.165) is 0 Å². The highest BCUT2D eigenvalue weighted by Gasteiger charge is 2.01. The summed E-state index contributed by atoms with van der Waals surface area (Å²) in [6.45, 7) is 2.71. The molecule has 0 fully saturated rings. The molecular formula is C5H12N2OS. The van der Waals surface area contributed by atoms with E-state index in [-0.39, 0.29) is 6.04 Å². The third-order valence-electron chi connectivity index (χ3n) is 0.734. The minimum absolute atomic E-state index is 0.174. The first-order valence-corrected chi connectivity index (χ1v) is 3.21. The second-order valence-corrected chi connectivity index (χ2v) is 2.15. The molecule has 0 radical (unpaired) electrons. The zero-order valence-electron chi connectivity index (χ0n) is 5.46. The summed E-state index contributed by atoms with van der Waals surface area (Å²) in [5.74, 6) is 0. The lowest BCUT2D eigenvalue weighted by molar-refractivity contribution is 0.312. The van der Waals surface area contributed by atoms with E-state index in [1.54, 1.807) is 6.92 Å². The molecule has 0 aliphatic rings.